The van der Waals surface area contributed by atoms with Crippen LogP contribution < -0.4 is 0 Å². The molecule has 4 nitrogen and oxygen atoms in total. The molecule has 0 aliphatic heterocycles. The molecule has 0 aliphatic rings. The number of rotatable bonds is 0. The van der Waals surface area contributed by atoms with E-state index in [1.807, 2.05) is 0 Å². The van der Waals surface area contributed by atoms with E-state index in [2.05, 4.69) is 0 Å². The van der Waals surface area contributed by atoms with Crippen LogP contribution in [0.5, 0.6) is 0 Å². The van der Waals surface area contributed by atoms with Crippen molar-refractivity contribution >= 4 is 25.8 Å². The Morgan fingerprint density at radius 2 is 1.80 bits per heavy atom. The van der Waals surface area contributed by atoms with Crippen molar-refractivity contribution in [3.8, 4) is 0 Å². The molecular weight excluding hydrogens is 177 g/mol. The zero-order chi connectivity index (χ0) is 3.58. The minimum Gasteiger partial charge on any atom is -0.328 e. The van der Waals surface area contributed by atoms with Crippen LogP contribution in [0.4, 0.5) is 0 Å². The molecule has 0 rings (SSSR count). The Kier molecular flexibility index (Phi) is 7.25. The molecule has 0 fully saturated rings. The molecule has 0 bridgehead atoms. The van der Waals surface area contributed by atoms with E-state index in [9.17, 15) is 0 Å². The predicted molar refractivity (Wildman–Crippen MR) is 14.5 cm³/mol. The molecule has 0 unspecified atom stereocenters. The maximum absolute atomic E-state index is 8.36. The number of hydrogen-bond acceptors (Lipinski definition) is 2. The van der Waals surface area contributed by atoms with Crippen molar-refractivity contribution in [3.05, 3.63) is 10.1 Å². The third kappa shape index (κ3) is 3550. The smallest absolute Gasteiger partial charge is 0.328 e. The monoisotopic (exact) mass is 178 g/mol. The van der Waals surface area contributed by atoms with Crippen LogP contribution in [0.15, 0.2) is 0 Å². The predicted octanol–water partition coefficient (Wildman–Crippen LogP) is -0.729. The molecule has 1 N–H and O–H groups in total. The van der Waals surface area contributed by atoms with Crippen LogP contribution in [0.1, 0.15) is 0 Å². The van der Waals surface area contributed by atoms with Gasteiger partial charge in [0.2, 0.25) is 0 Å². The fourth-order valence-electron chi connectivity index (χ4n) is 0. The number of hydrogen-bond donors (Lipinski definition) is 1. The normalized spacial score (nSPS) is 4.80. The zero-order valence-electron chi connectivity index (χ0n) is 2.29. The fraction of sp³-hybridized carbons (Fsp3) is 0. The summed E-state index contributed by atoms with van der Waals surface area (Å²) in [6.07, 6.45) is 0. The summed E-state index contributed by atoms with van der Waals surface area (Å²) in [7, 11) is 0. The molecule has 5 heteroatoms. The van der Waals surface area contributed by atoms with Gasteiger partial charge in [-0.15, -0.1) is 10.1 Å². The van der Waals surface area contributed by atoms with Gasteiger partial charge in [0.05, 0.1) is 0 Å². The van der Waals surface area contributed by atoms with Crippen molar-refractivity contribution in [1.82, 2.24) is 0 Å². The van der Waals surface area contributed by atoms with E-state index in [1.54, 1.807) is 0 Å². The molecule has 0 amide bonds. The molecule has 0 aromatic carbocycles. The first-order valence-electron chi connectivity index (χ1n) is 0.565. The van der Waals surface area contributed by atoms with Gasteiger partial charge in [0.15, 0.2) is 0 Å². The van der Waals surface area contributed by atoms with Crippen molar-refractivity contribution < 1.29 is 10.3 Å². The minimum absolute atomic E-state index is 0. The second-order valence-corrected chi connectivity index (χ2v) is 0.238. The largest absolute Gasteiger partial charge is 1.00 e. The van der Waals surface area contributed by atoms with Crippen LogP contribution in [-0.4, -0.2) is 36.1 Å². The quantitative estimate of drug-likeness (QED) is 0.392. The Hall–Kier alpha value is 0.0701. The van der Waals surface area contributed by atoms with E-state index < -0.39 is 5.09 Å². The SMILES string of the molecule is O=[N+]([O-])O.[In+]. The Bertz CT molecular complexity index is 29.9. The zero-order valence-corrected chi connectivity index (χ0v) is 5.58. The van der Waals surface area contributed by atoms with Gasteiger partial charge in [-0.1, -0.05) is 0 Å². The van der Waals surface area contributed by atoms with Crippen molar-refractivity contribution in [1.29, 1.82) is 0 Å². The van der Waals surface area contributed by atoms with Crippen LogP contribution in [0, 0.1) is 10.1 Å². The van der Waals surface area contributed by atoms with E-state index in [0.29, 0.717) is 0 Å². The molecule has 5 heavy (non-hydrogen) atoms. The van der Waals surface area contributed by atoms with Gasteiger partial charge in [-0.2, -0.15) is 0 Å². The second kappa shape index (κ2) is 4.07. The molecule has 0 aromatic heterocycles. The molecule has 0 saturated heterocycles. The van der Waals surface area contributed by atoms with Gasteiger partial charge in [-0.05, 0) is 0 Å². The topological polar surface area (TPSA) is 63.4 Å². The average molecular weight is 178 g/mol. The van der Waals surface area contributed by atoms with Crippen LogP contribution in [-0.2, 0) is 0 Å². The summed E-state index contributed by atoms with van der Waals surface area (Å²) in [4.78, 5) is 8.36. The third-order valence-electron chi connectivity index (χ3n) is 0. The minimum atomic E-state index is -1.50. The van der Waals surface area contributed by atoms with Gasteiger partial charge in [0, 0.05) is 0 Å². The average Bonchev–Trinajstić information content (AvgIpc) is 0.811. The summed E-state index contributed by atoms with van der Waals surface area (Å²) >= 11 is 0. The van der Waals surface area contributed by atoms with E-state index in [-0.39, 0.29) is 25.8 Å². The molecule has 0 saturated carbocycles. The van der Waals surface area contributed by atoms with Crippen molar-refractivity contribution in [3.63, 3.8) is 0 Å². The molecule has 0 atom stereocenters. The summed E-state index contributed by atoms with van der Waals surface area (Å²) in [5.41, 5.74) is 0. The van der Waals surface area contributed by atoms with Gasteiger partial charge in [0.25, 0.3) is 5.09 Å². The molecular formula is HInNO3+. The van der Waals surface area contributed by atoms with Crippen molar-refractivity contribution in [2.75, 3.05) is 0 Å². The standard InChI is InChI=1S/In.HNO3/c;2-1(3)4/h;(H,2,3,4)/q+1;. The molecule has 26 valence electrons. The van der Waals surface area contributed by atoms with Gasteiger partial charge in [0.1, 0.15) is 0 Å². The number of nitrogens with zero attached hydrogens (tertiary/aromatic N) is 1. The van der Waals surface area contributed by atoms with E-state index >= 15 is 0 Å². The molecule has 0 aromatic rings. The summed E-state index contributed by atoms with van der Waals surface area (Å²) in [5, 5.41) is 13.6. The Morgan fingerprint density at radius 1 is 1.80 bits per heavy atom. The summed E-state index contributed by atoms with van der Waals surface area (Å²) < 4.78 is 0. The first-order chi connectivity index (χ1) is 1.73. The summed E-state index contributed by atoms with van der Waals surface area (Å²) in [5.74, 6) is 0. The Labute approximate surface area is 46.7 Å². The van der Waals surface area contributed by atoms with Crippen molar-refractivity contribution in [2.45, 2.75) is 0 Å². The van der Waals surface area contributed by atoms with Gasteiger partial charge in [-0.3, -0.25) is 0 Å². The fourth-order valence-corrected chi connectivity index (χ4v) is 0. The van der Waals surface area contributed by atoms with Crippen LogP contribution in [0.3, 0.4) is 0 Å². The van der Waals surface area contributed by atoms with E-state index in [1.165, 1.54) is 0 Å². The van der Waals surface area contributed by atoms with Crippen LogP contribution in [0.25, 0.3) is 0 Å². The van der Waals surface area contributed by atoms with Gasteiger partial charge >= 0.3 is 25.8 Å². The van der Waals surface area contributed by atoms with Crippen LogP contribution >= 0.6 is 0 Å². The summed E-state index contributed by atoms with van der Waals surface area (Å²) in [6.45, 7) is 0. The maximum Gasteiger partial charge on any atom is 1.00 e. The summed E-state index contributed by atoms with van der Waals surface area (Å²) in [6, 6.07) is 0. The molecule has 0 heterocycles. The molecule has 2 radical (unpaired) electrons. The third-order valence-corrected chi connectivity index (χ3v) is 0. The Balaban J connectivity index is 0. The van der Waals surface area contributed by atoms with Crippen molar-refractivity contribution in [2.24, 2.45) is 0 Å². The first-order valence-corrected chi connectivity index (χ1v) is 0.565. The molecule has 0 spiro atoms. The van der Waals surface area contributed by atoms with Gasteiger partial charge < -0.3 is 5.21 Å². The maximum atomic E-state index is 8.36. The van der Waals surface area contributed by atoms with E-state index in [4.69, 9.17) is 15.3 Å². The Morgan fingerprint density at radius 3 is 1.80 bits per heavy atom. The molecule has 0 aliphatic carbocycles. The van der Waals surface area contributed by atoms with Gasteiger partial charge in [-0.25, -0.2) is 0 Å². The van der Waals surface area contributed by atoms with E-state index in [0.717, 1.165) is 0 Å². The van der Waals surface area contributed by atoms with Crippen LogP contribution in [0.2, 0.25) is 0 Å². The second-order valence-electron chi connectivity index (χ2n) is 0.238. The first kappa shape index (κ1) is 8.91.